The second-order valence-corrected chi connectivity index (χ2v) is 7.14. The average molecular weight is 317 g/mol. The van der Waals surface area contributed by atoms with E-state index in [1.807, 2.05) is 19.9 Å². The third-order valence-electron chi connectivity index (χ3n) is 4.92. The Morgan fingerprint density at radius 2 is 1.91 bits per heavy atom. The van der Waals surface area contributed by atoms with Gasteiger partial charge >= 0.3 is 0 Å². The van der Waals surface area contributed by atoms with E-state index in [4.69, 9.17) is 5.73 Å². The molecule has 1 aliphatic carbocycles. The van der Waals surface area contributed by atoms with Gasteiger partial charge in [-0.15, -0.1) is 0 Å². The molecular weight excluding hydrogens is 286 g/mol. The number of nitrogens with two attached hydrogens (primary N) is 1. The summed E-state index contributed by atoms with van der Waals surface area (Å²) in [4.78, 5) is 14.7. The van der Waals surface area contributed by atoms with E-state index in [1.165, 1.54) is 18.4 Å². The van der Waals surface area contributed by atoms with E-state index >= 15 is 0 Å². The molecule has 1 saturated carbocycles. The van der Waals surface area contributed by atoms with Crippen molar-refractivity contribution in [3.8, 4) is 0 Å². The van der Waals surface area contributed by atoms with Crippen molar-refractivity contribution in [3.05, 3.63) is 35.9 Å². The predicted octanol–water partition coefficient (Wildman–Crippen LogP) is 2.53. The van der Waals surface area contributed by atoms with Crippen LogP contribution in [0.4, 0.5) is 0 Å². The topological polar surface area (TPSA) is 58.4 Å². The van der Waals surface area contributed by atoms with E-state index in [-0.39, 0.29) is 17.9 Å². The van der Waals surface area contributed by atoms with Gasteiger partial charge in [0.25, 0.3) is 0 Å². The van der Waals surface area contributed by atoms with E-state index in [0.29, 0.717) is 6.04 Å². The van der Waals surface area contributed by atoms with Crippen LogP contribution in [0.5, 0.6) is 0 Å². The zero-order chi connectivity index (χ0) is 16.8. The summed E-state index contributed by atoms with van der Waals surface area (Å²) in [7, 11) is 2.16. The van der Waals surface area contributed by atoms with Gasteiger partial charge in [-0.05, 0) is 31.4 Å². The van der Waals surface area contributed by atoms with Crippen LogP contribution in [0.2, 0.25) is 0 Å². The first kappa shape index (κ1) is 18.0. The zero-order valence-corrected chi connectivity index (χ0v) is 14.7. The van der Waals surface area contributed by atoms with Crippen molar-refractivity contribution < 1.29 is 4.79 Å². The fourth-order valence-electron chi connectivity index (χ4n) is 3.38. The second kappa shape index (κ2) is 8.46. The highest BCUT2D eigenvalue weighted by molar-refractivity contribution is 5.82. The lowest BCUT2D eigenvalue weighted by Crippen LogP contribution is -2.56. The van der Waals surface area contributed by atoms with Crippen LogP contribution in [-0.2, 0) is 11.3 Å². The maximum absolute atomic E-state index is 12.3. The summed E-state index contributed by atoms with van der Waals surface area (Å²) < 4.78 is 0. The molecule has 128 valence electrons. The number of hydrogen-bond acceptors (Lipinski definition) is 3. The molecule has 1 aromatic carbocycles. The molecule has 0 aromatic heterocycles. The largest absolute Gasteiger partial charge is 0.350 e. The van der Waals surface area contributed by atoms with Crippen molar-refractivity contribution in [1.29, 1.82) is 0 Å². The summed E-state index contributed by atoms with van der Waals surface area (Å²) in [6.07, 6.45) is 4.58. The van der Waals surface area contributed by atoms with E-state index in [1.54, 1.807) is 0 Å². The first-order valence-electron chi connectivity index (χ1n) is 8.79. The Morgan fingerprint density at radius 1 is 1.26 bits per heavy atom. The van der Waals surface area contributed by atoms with E-state index in [9.17, 15) is 4.79 Å². The minimum Gasteiger partial charge on any atom is -0.350 e. The van der Waals surface area contributed by atoms with Gasteiger partial charge < -0.3 is 11.1 Å². The molecule has 0 radical (unpaired) electrons. The monoisotopic (exact) mass is 317 g/mol. The van der Waals surface area contributed by atoms with Gasteiger partial charge in [0.1, 0.15) is 0 Å². The lowest BCUT2D eigenvalue weighted by Gasteiger charge is -2.39. The molecule has 3 atom stereocenters. The summed E-state index contributed by atoms with van der Waals surface area (Å²) in [5.41, 5.74) is 7.31. The Bertz CT molecular complexity index is 489. The van der Waals surface area contributed by atoms with Crippen molar-refractivity contribution in [2.45, 2.75) is 64.2 Å². The number of carbonyl (C=O) groups is 1. The third kappa shape index (κ3) is 5.05. The third-order valence-corrected chi connectivity index (χ3v) is 4.92. The molecule has 0 heterocycles. The zero-order valence-electron chi connectivity index (χ0n) is 14.7. The first-order valence-corrected chi connectivity index (χ1v) is 8.79. The lowest BCUT2D eigenvalue weighted by atomic mass is 9.88. The first-order chi connectivity index (χ1) is 11.0. The maximum atomic E-state index is 12.3. The Morgan fingerprint density at radius 3 is 2.57 bits per heavy atom. The molecule has 1 aliphatic rings. The molecule has 0 saturated heterocycles. The summed E-state index contributed by atoms with van der Waals surface area (Å²) >= 11 is 0. The molecular formula is C19H31N3O. The average Bonchev–Trinajstić information content (AvgIpc) is 2.55. The van der Waals surface area contributed by atoms with Crippen LogP contribution < -0.4 is 11.1 Å². The molecule has 0 aliphatic heterocycles. The van der Waals surface area contributed by atoms with E-state index in [0.717, 1.165) is 19.4 Å². The number of carbonyl (C=O) groups excluding carboxylic acids is 1. The molecule has 0 spiro atoms. The fourth-order valence-corrected chi connectivity index (χ4v) is 3.38. The van der Waals surface area contributed by atoms with Gasteiger partial charge in [0.15, 0.2) is 0 Å². The summed E-state index contributed by atoms with van der Waals surface area (Å²) in [6.45, 7) is 4.89. The van der Waals surface area contributed by atoms with Gasteiger partial charge in [0.05, 0.1) is 6.04 Å². The molecule has 3 N–H and O–H groups in total. The number of nitrogens with zero attached hydrogens (tertiary/aromatic N) is 1. The molecule has 0 bridgehead atoms. The van der Waals surface area contributed by atoms with Crippen LogP contribution in [0.25, 0.3) is 0 Å². The number of amides is 1. The van der Waals surface area contributed by atoms with Crippen molar-refractivity contribution >= 4 is 5.91 Å². The van der Waals surface area contributed by atoms with Crippen molar-refractivity contribution in [1.82, 2.24) is 10.2 Å². The Balaban J connectivity index is 1.98. The highest BCUT2D eigenvalue weighted by Gasteiger charge is 2.31. The highest BCUT2D eigenvalue weighted by Crippen LogP contribution is 2.24. The van der Waals surface area contributed by atoms with Crippen molar-refractivity contribution in [3.63, 3.8) is 0 Å². The van der Waals surface area contributed by atoms with Crippen LogP contribution >= 0.6 is 0 Å². The number of nitrogens with one attached hydrogen (secondary N) is 1. The maximum Gasteiger partial charge on any atom is 0.237 e. The molecule has 4 nitrogen and oxygen atoms in total. The van der Waals surface area contributed by atoms with Crippen LogP contribution in [0.15, 0.2) is 30.3 Å². The Labute approximate surface area is 140 Å². The van der Waals surface area contributed by atoms with Crippen molar-refractivity contribution in [2.75, 3.05) is 7.05 Å². The number of rotatable bonds is 6. The van der Waals surface area contributed by atoms with Gasteiger partial charge in [0.2, 0.25) is 5.91 Å². The smallest absolute Gasteiger partial charge is 0.237 e. The summed E-state index contributed by atoms with van der Waals surface area (Å²) in [6, 6.07) is 10.7. The molecule has 1 amide bonds. The minimum atomic E-state index is -0.419. The van der Waals surface area contributed by atoms with Gasteiger partial charge in [-0.1, -0.05) is 57.0 Å². The van der Waals surface area contributed by atoms with Gasteiger partial charge in [0, 0.05) is 18.6 Å². The SMILES string of the molecule is CC(C)[C@H](N)C(=O)NC1CCCCC1N(C)Cc1ccccc1. The lowest BCUT2D eigenvalue weighted by molar-refractivity contribution is -0.124. The normalized spacial score (nSPS) is 23.0. The Hall–Kier alpha value is -1.39. The standard InChI is InChI=1S/C19H31N3O/c1-14(2)18(20)19(23)21-16-11-7-8-12-17(16)22(3)13-15-9-5-4-6-10-15/h4-6,9-10,14,16-18H,7-8,11-13,20H2,1-3H3,(H,21,23)/t16?,17?,18-/m0/s1. The number of benzene rings is 1. The van der Waals surface area contributed by atoms with Gasteiger partial charge in [-0.25, -0.2) is 0 Å². The summed E-state index contributed by atoms with van der Waals surface area (Å²) in [5.74, 6) is 0.157. The number of hydrogen-bond donors (Lipinski definition) is 2. The Kier molecular flexibility index (Phi) is 6.60. The second-order valence-electron chi connectivity index (χ2n) is 7.14. The molecule has 2 unspecified atom stereocenters. The van der Waals surface area contributed by atoms with Gasteiger partial charge in [-0.3, -0.25) is 9.69 Å². The van der Waals surface area contributed by atoms with Crippen LogP contribution in [0, 0.1) is 5.92 Å². The van der Waals surface area contributed by atoms with Crippen molar-refractivity contribution in [2.24, 2.45) is 11.7 Å². The van der Waals surface area contributed by atoms with Crippen LogP contribution in [0.3, 0.4) is 0 Å². The summed E-state index contributed by atoms with van der Waals surface area (Å²) in [5, 5.41) is 3.21. The molecule has 1 fully saturated rings. The van der Waals surface area contributed by atoms with E-state index < -0.39 is 6.04 Å². The molecule has 1 aromatic rings. The van der Waals surface area contributed by atoms with E-state index in [2.05, 4.69) is 41.5 Å². The number of likely N-dealkylation sites (N-methyl/N-ethyl adjacent to an activating group) is 1. The minimum absolute atomic E-state index is 0.00925. The highest BCUT2D eigenvalue weighted by atomic mass is 16.2. The molecule has 23 heavy (non-hydrogen) atoms. The van der Waals surface area contributed by atoms with Gasteiger partial charge in [-0.2, -0.15) is 0 Å². The quantitative estimate of drug-likeness (QED) is 0.847. The molecule has 4 heteroatoms. The fraction of sp³-hybridized carbons (Fsp3) is 0.632. The van der Waals surface area contributed by atoms with Crippen LogP contribution in [0.1, 0.15) is 45.1 Å². The predicted molar refractivity (Wildman–Crippen MR) is 94.9 cm³/mol. The molecule has 2 rings (SSSR count). The van der Waals surface area contributed by atoms with Crippen LogP contribution in [-0.4, -0.2) is 36.0 Å².